The molecule has 0 bridgehead atoms. The summed E-state index contributed by atoms with van der Waals surface area (Å²) in [6.45, 7) is 3.17. The van der Waals surface area contributed by atoms with E-state index in [0.29, 0.717) is 11.3 Å². The predicted molar refractivity (Wildman–Crippen MR) is 94.9 cm³/mol. The minimum absolute atomic E-state index is 0.0326. The van der Waals surface area contributed by atoms with Gasteiger partial charge in [-0.1, -0.05) is 0 Å². The third-order valence-electron chi connectivity index (χ3n) is 3.90. The third-order valence-corrected chi connectivity index (χ3v) is 3.90. The lowest BCUT2D eigenvalue weighted by Gasteiger charge is -2.28. The lowest BCUT2D eigenvalue weighted by atomic mass is 10.2. The minimum atomic E-state index is -0.439. The first-order chi connectivity index (χ1) is 12.2. The Morgan fingerprint density at radius 3 is 2.64 bits per heavy atom. The van der Waals surface area contributed by atoms with E-state index >= 15 is 0 Å². The van der Waals surface area contributed by atoms with Crippen molar-refractivity contribution in [2.24, 2.45) is 7.05 Å². The van der Waals surface area contributed by atoms with Gasteiger partial charge in [-0.05, 0) is 30.3 Å². The first kappa shape index (κ1) is 16.7. The predicted octanol–water partition coefficient (Wildman–Crippen LogP) is 1.80. The SMILES string of the molecule is Cn1cc(/C=C(\C#N)C(=O)Nc2ccc(N3CCOCC3)cc2)cn1. The summed E-state index contributed by atoms with van der Waals surface area (Å²) in [5, 5.41) is 16.0. The minimum Gasteiger partial charge on any atom is -0.378 e. The fraction of sp³-hybridized carbons (Fsp3) is 0.278. The molecule has 0 aliphatic carbocycles. The van der Waals surface area contributed by atoms with Crippen LogP contribution in [0.3, 0.4) is 0 Å². The quantitative estimate of drug-likeness (QED) is 0.679. The standard InChI is InChI=1S/C18H19N5O2/c1-22-13-14(12-20-22)10-15(11-19)18(24)21-16-2-4-17(5-3-16)23-6-8-25-9-7-23/h2-5,10,12-13H,6-9H2,1H3,(H,21,24)/b15-10+. The zero-order valence-corrected chi connectivity index (χ0v) is 14.0. The molecule has 1 fully saturated rings. The summed E-state index contributed by atoms with van der Waals surface area (Å²) in [6, 6.07) is 9.52. The van der Waals surface area contributed by atoms with Gasteiger partial charge in [0, 0.05) is 43.3 Å². The van der Waals surface area contributed by atoms with Crippen molar-refractivity contribution in [3.05, 3.63) is 47.8 Å². The zero-order chi connectivity index (χ0) is 17.6. The van der Waals surface area contributed by atoms with E-state index in [1.54, 1.807) is 24.1 Å². The Morgan fingerprint density at radius 1 is 1.32 bits per heavy atom. The van der Waals surface area contributed by atoms with Crippen molar-refractivity contribution in [2.45, 2.75) is 0 Å². The number of nitrogens with zero attached hydrogens (tertiary/aromatic N) is 4. The fourth-order valence-corrected chi connectivity index (χ4v) is 2.61. The van der Waals surface area contributed by atoms with Gasteiger partial charge in [0.15, 0.2) is 0 Å². The van der Waals surface area contributed by atoms with Crippen molar-refractivity contribution in [1.29, 1.82) is 5.26 Å². The summed E-state index contributed by atoms with van der Waals surface area (Å²) < 4.78 is 6.96. The van der Waals surface area contributed by atoms with Crippen LogP contribution in [0.2, 0.25) is 0 Å². The van der Waals surface area contributed by atoms with E-state index in [-0.39, 0.29) is 5.57 Å². The summed E-state index contributed by atoms with van der Waals surface area (Å²) in [7, 11) is 1.78. The second-order valence-corrected chi connectivity index (χ2v) is 5.72. The van der Waals surface area contributed by atoms with Crippen LogP contribution in [0.5, 0.6) is 0 Å². The van der Waals surface area contributed by atoms with Crippen molar-refractivity contribution in [3.8, 4) is 6.07 Å². The second kappa shape index (κ2) is 7.64. The van der Waals surface area contributed by atoms with E-state index < -0.39 is 5.91 Å². The molecular weight excluding hydrogens is 318 g/mol. The van der Waals surface area contributed by atoms with Gasteiger partial charge in [0.2, 0.25) is 0 Å². The number of hydrogen-bond donors (Lipinski definition) is 1. The van der Waals surface area contributed by atoms with Crippen molar-refractivity contribution < 1.29 is 9.53 Å². The maximum Gasteiger partial charge on any atom is 0.266 e. The van der Waals surface area contributed by atoms with Crippen LogP contribution >= 0.6 is 0 Å². The van der Waals surface area contributed by atoms with Crippen LogP contribution in [0.1, 0.15) is 5.56 Å². The number of ether oxygens (including phenoxy) is 1. The second-order valence-electron chi connectivity index (χ2n) is 5.72. The van der Waals surface area contributed by atoms with Gasteiger partial charge in [0.25, 0.3) is 5.91 Å². The summed E-state index contributed by atoms with van der Waals surface area (Å²) in [6.07, 6.45) is 4.86. The van der Waals surface area contributed by atoms with Gasteiger partial charge in [-0.25, -0.2) is 0 Å². The number of morpholine rings is 1. The van der Waals surface area contributed by atoms with Crippen LogP contribution < -0.4 is 10.2 Å². The number of aromatic nitrogens is 2. The number of hydrogen-bond acceptors (Lipinski definition) is 5. The summed E-state index contributed by atoms with van der Waals surface area (Å²) in [5.74, 6) is -0.439. The Kier molecular flexibility index (Phi) is 5.11. The molecule has 2 aromatic rings. The molecule has 0 atom stereocenters. The molecule has 3 rings (SSSR count). The lowest BCUT2D eigenvalue weighted by molar-refractivity contribution is -0.112. The molecule has 1 aliphatic heterocycles. The summed E-state index contributed by atoms with van der Waals surface area (Å²) in [5.41, 5.74) is 2.48. The molecule has 0 radical (unpaired) electrons. The molecule has 1 aromatic heterocycles. The van der Waals surface area contributed by atoms with E-state index in [0.717, 1.165) is 32.0 Å². The molecule has 25 heavy (non-hydrogen) atoms. The van der Waals surface area contributed by atoms with Crippen LogP contribution in [0.15, 0.2) is 42.2 Å². The number of aryl methyl sites for hydroxylation is 1. The maximum absolute atomic E-state index is 12.3. The van der Waals surface area contributed by atoms with Gasteiger partial charge >= 0.3 is 0 Å². The van der Waals surface area contributed by atoms with Gasteiger partial charge in [0.1, 0.15) is 11.6 Å². The molecule has 0 saturated carbocycles. The molecule has 1 aliphatic rings. The normalized spacial score (nSPS) is 14.9. The highest BCUT2D eigenvalue weighted by Crippen LogP contribution is 2.19. The number of nitrogens with one attached hydrogen (secondary N) is 1. The number of benzene rings is 1. The Hall–Kier alpha value is -3.11. The number of nitriles is 1. The fourth-order valence-electron chi connectivity index (χ4n) is 2.61. The van der Waals surface area contributed by atoms with E-state index in [9.17, 15) is 10.1 Å². The first-order valence-corrected chi connectivity index (χ1v) is 8.00. The van der Waals surface area contributed by atoms with Crippen LogP contribution in [0.4, 0.5) is 11.4 Å². The van der Waals surface area contributed by atoms with Crippen molar-refractivity contribution in [2.75, 3.05) is 36.5 Å². The largest absolute Gasteiger partial charge is 0.378 e. The Bertz CT molecular complexity index is 811. The molecule has 1 amide bonds. The molecule has 128 valence electrons. The highest BCUT2D eigenvalue weighted by molar-refractivity contribution is 6.09. The summed E-state index contributed by atoms with van der Waals surface area (Å²) >= 11 is 0. The van der Waals surface area contributed by atoms with E-state index in [1.807, 2.05) is 30.3 Å². The van der Waals surface area contributed by atoms with Gasteiger partial charge < -0.3 is 15.0 Å². The third kappa shape index (κ3) is 4.25. The lowest BCUT2D eigenvalue weighted by Crippen LogP contribution is -2.36. The van der Waals surface area contributed by atoms with Crippen LogP contribution in [0.25, 0.3) is 6.08 Å². The Morgan fingerprint density at radius 2 is 2.04 bits per heavy atom. The van der Waals surface area contributed by atoms with Crippen LogP contribution in [-0.2, 0) is 16.6 Å². The molecule has 0 unspecified atom stereocenters. The van der Waals surface area contributed by atoms with Gasteiger partial charge in [-0.2, -0.15) is 10.4 Å². The average molecular weight is 337 g/mol. The van der Waals surface area contributed by atoms with Crippen molar-refractivity contribution in [3.63, 3.8) is 0 Å². The number of carbonyl (C=O) groups is 1. The Labute approximate surface area is 146 Å². The number of amides is 1. The van der Waals surface area contributed by atoms with E-state index in [2.05, 4.69) is 15.3 Å². The topological polar surface area (TPSA) is 83.2 Å². The highest BCUT2D eigenvalue weighted by atomic mass is 16.5. The van der Waals surface area contributed by atoms with Crippen molar-refractivity contribution >= 4 is 23.4 Å². The first-order valence-electron chi connectivity index (χ1n) is 8.00. The highest BCUT2D eigenvalue weighted by Gasteiger charge is 2.13. The monoisotopic (exact) mass is 337 g/mol. The maximum atomic E-state index is 12.3. The molecule has 0 spiro atoms. The molecule has 7 heteroatoms. The van der Waals surface area contributed by atoms with E-state index in [4.69, 9.17) is 4.74 Å². The van der Waals surface area contributed by atoms with Gasteiger partial charge in [-0.3, -0.25) is 9.48 Å². The van der Waals surface area contributed by atoms with Crippen molar-refractivity contribution in [1.82, 2.24) is 9.78 Å². The molecular formula is C18H19N5O2. The average Bonchev–Trinajstić information content (AvgIpc) is 3.06. The number of carbonyl (C=O) groups excluding carboxylic acids is 1. The summed E-state index contributed by atoms with van der Waals surface area (Å²) in [4.78, 5) is 14.5. The Balaban J connectivity index is 1.67. The smallest absolute Gasteiger partial charge is 0.266 e. The van der Waals surface area contributed by atoms with Gasteiger partial charge in [-0.15, -0.1) is 0 Å². The van der Waals surface area contributed by atoms with Crippen LogP contribution in [0, 0.1) is 11.3 Å². The molecule has 1 N–H and O–H groups in total. The molecule has 1 aromatic carbocycles. The zero-order valence-electron chi connectivity index (χ0n) is 14.0. The molecule has 1 saturated heterocycles. The molecule has 2 heterocycles. The number of anilines is 2. The van der Waals surface area contributed by atoms with Crippen LogP contribution in [-0.4, -0.2) is 42.0 Å². The van der Waals surface area contributed by atoms with E-state index in [1.165, 1.54) is 6.08 Å². The molecule has 7 nitrogen and oxygen atoms in total. The van der Waals surface area contributed by atoms with Gasteiger partial charge in [0.05, 0.1) is 19.4 Å². The number of rotatable bonds is 4.